The van der Waals surface area contributed by atoms with Gasteiger partial charge in [-0.3, -0.25) is 0 Å². The van der Waals surface area contributed by atoms with Crippen molar-refractivity contribution < 1.29 is 12.9 Å². The Bertz CT molecular complexity index is 476. The molecule has 0 aliphatic carbocycles. The van der Waals surface area contributed by atoms with Gasteiger partial charge in [0.25, 0.3) is 0 Å². The van der Waals surface area contributed by atoms with Gasteiger partial charge in [0.05, 0.1) is 6.04 Å². The molecule has 1 atom stereocenters. The molecule has 1 aromatic heterocycles. The van der Waals surface area contributed by atoms with Crippen molar-refractivity contribution in [3.8, 4) is 12.3 Å². The highest BCUT2D eigenvalue weighted by Crippen LogP contribution is 2.18. The number of aromatic nitrogens is 1. The van der Waals surface area contributed by atoms with E-state index >= 15 is 0 Å². The Labute approximate surface area is 88.9 Å². The molecule has 0 saturated carbocycles. The molecule has 0 aliphatic rings. The molecule has 0 aliphatic heterocycles. The molecular formula is C9H12N2O3S. The van der Waals surface area contributed by atoms with Crippen LogP contribution in [0.15, 0.2) is 9.42 Å². The number of nitrogens with zero attached hydrogens (tertiary/aromatic N) is 1. The lowest BCUT2D eigenvalue weighted by molar-refractivity contribution is 0.390. The summed E-state index contributed by atoms with van der Waals surface area (Å²) in [6, 6.07) is -0.566. The topological polar surface area (TPSA) is 72.2 Å². The van der Waals surface area contributed by atoms with Crippen LogP contribution in [0.4, 0.5) is 0 Å². The first-order valence-electron chi connectivity index (χ1n) is 4.30. The SMILES string of the molecule is C#CC(C)NS(=O)(=O)c1c(C)noc1C. The molecule has 0 radical (unpaired) electrons. The van der Waals surface area contributed by atoms with Crippen LogP contribution in [0, 0.1) is 26.2 Å². The average Bonchev–Trinajstić information content (AvgIpc) is 2.45. The summed E-state index contributed by atoms with van der Waals surface area (Å²) in [6.07, 6.45) is 5.09. The highest BCUT2D eigenvalue weighted by atomic mass is 32.2. The summed E-state index contributed by atoms with van der Waals surface area (Å²) in [5.41, 5.74) is 0.323. The van der Waals surface area contributed by atoms with Crippen molar-refractivity contribution in [1.29, 1.82) is 0 Å². The van der Waals surface area contributed by atoms with Gasteiger partial charge in [0.1, 0.15) is 10.6 Å². The molecule has 0 fully saturated rings. The van der Waals surface area contributed by atoms with Crippen molar-refractivity contribution in [2.24, 2.45) is 0 Å². The van der Waals surface area contributed by atoms with Gasteiger partial charge in [-0.2, -0.15) is 4.72 Å². The molecule has 1 heterocycles. The van der Waals surface area contributed by atoms with E-state index in [4.69, 9.17) is 10.9 Å². The normalized spacial score (nSPS) is 13.5. The standard InChI is InChI=1S/C9H12N2O3S/c1-5-6(2)11-15(12,13)9-7(3)10-14-8(9)4/h1,6,11H,2-4H3. The molecule has 0 saturated heterocycles. The monoisotopic (exact) mass is 228 g/mol. The van der Waals surface area contributed by atoms with E-state index in [1.54, 1.807) is 13.8 Å². The van der Waals surface area contributed by atoms with Crippen LogP contribution in [0.3, 0.4) is 0 Å². The second kappa shape index (κ2) is 4.04. The number of terminal acetylenes is 1. The maximum atomic E-state index is 11.8. The second-order valence-electron chi connectivity index (χ2n) is 3.16. The zero-order valence-electron chi connectivity index (χ0n) is 8.73. The highest BCUT2D eigenvalue weighted by molar-refractivity contribution is 7.89. The van der Waals surface area contributed by atoms with Gasteiger partial charge < -0.3 is 4.52 Å². The van der Waals surface area contributed by atoms with Crippen LogP contribution in [-0.2, 0) is 10.0 Å². The lowest BCUT2D eigenvalue weighted by atomic mass is 10.4. The zero-order valence-corrected chi connectivity index (χ0v) is 9.55. The molecular weight excluding hydrogens is 216 g/mol. The Morgan fingerprint density at radius 2 is 2.13 bits per heavy atom. The minimum absolute atomic E-state index is 0.0598. The molecule has 6 heteroatoms. The van der Waals surface area contributed by atoms with E-state index in [-0.39, 0.29) is 10.7 Å². The maximum Gasteiger partial charge on any atom is 0.247 e. The van der Waals surface area contributed by atoms with Gasteiger partial charge in [-0.05, 0) is 20.8 Å². The van der Waals surface area contributed by atoms with Crippen LogP contribution in [0.5, 0.6) is 0 Å². The highest BCUT2D eigenvalue weighted by Gasteiger charge is 2.24. The van der Waals surface area contributed by atoms with E-state index in [2.05, 4.69) is 15.8 Å². The third-order valence-electron chi connectivity index (χ3n) is 1.82. The van der Waals surface area contributed by atoms with Crippen LogP contribution < -0.4 is 4.72 Å². The summed E-state index contributed by atoms with van der Waals surface area (Å²) in [4.78, 5) is 0.0598. The molecule has 15 heavy (non-hydrogen) atoms. The Kier molecular flexibility index (Phi) is 3.17. The fourth-order valence-corrected chi connectivity index (χ4v) is 2.68. The zero-order chi connectivity index (χ0) is 11.6. The molecule has 82 valence electrons. The molecule has 1 aromatic rings. The van der Waals surface area contributed by atoms with Crippen LogP contribution in [-0.4, -0.2) is 19.6 Å². The molecule has 1 unspecified atom stereocenters. The van der Waals surface area contributed by atoms with Crippen LogP contribution in [0.1, 0.15) is 18.4 Å². The van der Waals surface area contributed by atoms with E-state index < -0.39 is 16.1 Å². The first kappa shape index (κ1) is 11.8. The third-order valence-corrected chi connectivity index (χ3v) is 3.60. The Balaban J connectivity index is 3.14. The van der Waals surface area contributed by atoms with Crippen LogP contribution in [0.25, 0.3) is 0 Å². The summed E-state index contributed by atoms with van der Waals surface area (Å²) in [5, 5.41) is 3.57. The first-order valence-corrected chi connectivity index (χ1v) is 5.78. The molecule has 1 N–H and O–H groups in total. The van der Waals surface area contributed by atoms with E-state index in [0.29, 0.717) is 5.69 Å². The molecule has 1 rings (SSSR count). The van der Waals surface area contributed by atoms with Gasteiger partial charge in [0, 0.05) is 0 Å². The molecule has 0 amide bonds. The lowest BCUT2D eigenvalue weighted by Gasteiger charge is -2.07. The predicted octanol–water partition coefficient (Wildman–Crippen LogP) is 0.591. The minimum atomic E-state index is -3.64. The number of aryl methyl sites for hydroxylation is 2. The first-order chi connectivity index (χ1) is 6.88. The number of nitrogens with one attached hydrogen (secondary N) is 1. The molecule has 0 bridgehead atoms. The second-order valence-corrected chi connectivity index (χ2v) is 4.81. The summed E-state index contributed by atoms with van der Waals surface area (Å²) in [6.45, 7) is 4.68. The summed E-state index contributed by atoms with van der Waals surface area (Å²) in [5.74, 6) is 2.53. The maximum absolute atomic E-state index is 11.8. The van der Waals surface area contributed by atoms with E-state index in [0.717, 1.165) is 0 Å². The van der Waals surface area contributed by atoms with Crippen LogP contribution >= 0.6 is 0 Å². The van der Waals surface area contributed by atoms with Gasteiger partial charge in [-0.15, -0.1) is 6.42 Å². The van der Waals surface area contributed by atoms with Crippen molar-refractivity contribution >= 4 is 10.0 Å². The van der Waals surface area contributed by atoms with E-state index in [1.807, 2.05) is 0 Å². The fraction of sp³-hybridized carbons (Fsp3) is 0.444. The van der Waals surface area contributed by atoms with Crippen molar-refractivity contribution in [1.82, 2.24) is 9.88 Å². The summed E-state index contributed by atoms with van der Waals surface area (Å²) < 4.78 is 30.7. The van der Waals surface area contributed by atoms with Crippen molar-refractivity contribution in [3.05, 3.63) is 11.5 Å². The van der Waals surface area contributed by atoms with Crippen molar-refractivity contribution in [2.75, 3.05) is 0 Å². The number of hydrogen-bond acceptors (Lipinski definition) is 4. The van der Waals surface area contributed by atoms with E-state index in [9.17, 15) is 8.42 Å². The van der Waals surface area contributed by atoms with E-state index in [1.165, 1.54) is 6.92 Å². The van der Waals surface area contributed by atoms with Gasteiger partial charge in [0.15, 0.2) is 5.76 Å². The van der Waals surface area contributed by atoms with Gasteiger partial charge >= 0.3 is 0 Å². The van der Waals surface area contributed by atoms with Gasteiger partial charge in [-0.1, -0.05) is 11.1 Å². The molecule has 0 spiro atoms. The quantitative estimate of drug-likeness (QED) is 0.768. The predicted molar refractivity (Wildman–Crippen MR) is 54.6 cm³/mol. The molecule has 5 nitrogen and oxygen atoms in total. The van der Waals surface area contributed by atoms with Crippen LogP contribution in [0.2, 0.25) is 0 Å². The number of rotatable bonds is 3. The minimum Gasteiger partial charge on any atom is -0.360 e. The smallest absolute Gasteiger partial charge is 0.247 e. The summed E-state index contributed by atoms with van der Waals surface area (Å²) >= 11 is 0. The number of hydrogen-bond donors (Lipinski definition) is 1. The number of sulfonamides is 1. The Morgan fingerprint density at radius 1 is 1.53 bits per heavy atom. The lowest BCUT2D eigenvalue weighted by Crippen LogP contribution is -2.31. The van der Waals surface area contributed by atoms with Crippen molar-refractivity contribution in [2.45, 2.75) is 31.7 Å². The average molecular weight is 228 g/mol. The van der Waals surface area contributed by atoms with Crippen molar-refractivity contribution in [3.63, 3.8) is 0 Å². The van der Waals surface area contributed by atoms with Gasteiger partial charge in [-0.25, -0.2) is 8.42 Å². The fourth-order valence-electron chi connectivity index (χ4n) is 1.18. The largest absolute Gasteiger partial charge is 0.360 e. The Morgan fingerprint density at radius 3 is 2.53 bits per heavy atom. The van der Waals surface area contributed by atoms with Gasteiger partial charge in [0.2, 0.25) is 10.0 Å². The summed E-state index contributed by atoms with van der Waals surface area (Å²) in [7, 11) is -3.64. The third kappa shape index (κ3) is 2.37. The Hall–Kier alpha value is -1.32. The molecule has 0 aromatic carbocycles.